The van der Waals surface area contributed by atoms with E-state index in [1.54, 1.807) is 19.9 Å². The summed E-state index contributed by atoms with van der Waals surface area (Å²) in [5.41, 5.74) is 5.15. The van der Waals surface area contributed by atoms with Gasteiger partial charge in [-0.1, -0.05) is 0 Å². The highest BCUT2D eigenvalue weighted by atomic mass is 19.3. The smallest absolute Gasteiger partial charge is 0.290 e. The molecular formula is C13H19F2NO. The lowest BCUT2D eigenvalue weighted by atomic mass is 9.87. The van der Waals surface area contributed by atoms with Gasteiger partial charge in [0, 0.05) is 5.56 Å². The molecule has 1 aromatic rings. The molecule has 0 fully saturated rings. The highest BCUT2D eigenvalue weighted by Gasteiger charge is 2.46. The van der Waals surface area contributed by atoms with E-state index in [4.69, 9.17) is 10.5 Å². The molecule has 0 radical (unpaired) electrons. The first-order valence-corrected chi connectivity index (χ1v) is 5.44. The Kier molecular flexibility index (Phi) is 3.48. The molecule has 96 valence electrons. The van der Waals surface area contributed by atoms with E-state index in [1.165, 1.54) is 27.0 Å². The largest absolute Gasteiger partial charge is 0.496 e. The monoisotopic (exact) mass is 243 g/mol. The molecule has 0 unspecified atom stereocenters. The van der Waals surface area contributed by atoms with Crippen LogP contribution in [0.2, 0.25) is 0 Å². The highest BCUT2D eigenvalue weighted by molar-refractivity contribution is 5.46. The maximum absolute atomic E-state index is 14.2. The van der Waals surface area contributed by atoms with E-state index in [-0.39, 0.29) is 5.56 Å². The van der Waals surface area contributed by atoms with E-state index in [1.807, 2.05) is 0 Å². The SMILES string of the molecule is COc1ccc(C(F)(F)C(C)(C)N)c(C)c1C. The quantitative estimate of drug-likeness (QED) is 0.885. The van der Waals surface area contributed by atoms with Crippen LogP contribution in [0.4, 0.5) is 8.78 Å². The normalized spacial score (nSPS) is 12.7. The fourth-order valence-electron chi connectivity index (χ4n) is 1.70. The lowest BCUT2D eigenvalue weighted by Crippen LogP contribution is -2.48. The van der Waals surface area contributed by atoms with Crippen LogP contribution in [0.15, 0.2) is 12.1 Å². The third-order valence-corrected chi connectivity index (χ3v) is 3.10. The predicted octanol–water partition coefficient (Wildman–Crippen LogP) is 3.14. The number of methoxy groups -OCH3 is 1. The van der Waals surface area contributed by atoms with Gasteiger partial charge in [-0.25, -0.2) is 0 Å². The van der Waals surface area contributed by atoms with Crippen LogP contribution < -0.4 is 10.5 Å². The van der Waals surface area contributed by atoms with E-state index < -0.39 is 11.5 Å². The minimum atomic E-state index is -3.08. The van der Waals surface area contributed by atoms with Gasteiger partial charge in [0.05, 0.1) is 12.6 Å². The fourth-order valence-corrected chi connectivity index (χ4v) is 1.70. The Labute approximate surface area is 101 Å². The first-order chi connectivity index (χ1) is 7.63. The second kappa shape index (κ2) is 4.26. The third-order valence-electron chi connectivity index (χ3n) is 3.10. The van der Waals surface area contributed by atoms with E-state index >= 15 is 0 Å². The van der Waals surface area contributed by atoms with Gasteiger partial charge in [0.1, 0.15) is 5.75 Å². The summed E-state index contributed by atoms with van der Waals surface area (Å²) in [4.78, 5) is 0. The molecule has 0 saturated carbocycles. The van der Waals surface area contributed by atoms with Crippen molar-refractivity contribution in [2.45, 2.75) is 39.2 Å². The number of benzene rings is 1. The molecule has 2 nitrogen and oxygen atoms in total. The summed E-state index contributed by atoms with van der Waals surface area (Å²) in [5.74, 6) is -2.47. The van der Waals surface area contributed by atoms with Crippen LogP contribution in [0.1, 0.15) is 30.5 Å². The Hall–Kier alpha value is -1.16. The Morgan fingerprint density at radius 2 is 1.65 bits per heavy atom. The van der Waals surface area contributed by atoms with Crippen LogP contribution in [0.5, 0.6) is 5.75 Å². The van der Waals surface area contributed by atoms with Crippen molar-refractivity contribution in [1.82, 2.24) is 0 Å². The summed E-state index contributed by atoms with van der Waals surface area (Å²) in [7, 11) is 1.52. The molecule has 0 amide bonds. The first-order valence-electron chi connectivity index (χ1n) is 5.44. The number of hydrogen-bond acceptors (Lipinski definition) is 2. The van der Waals surface area contributed by atoms with Crippen molar-refractivity contribution in [1.29, 1.82) is 0 Å². The Morgan fingerprint density at radius 1 is 1.12 bits per heavy atom. The molecule has 1 aromatic carbocycles. The van der Waals surface area contributed by atoms with Crippen molar-refractivity contribution in [3.05, 3.63) is 28.8 Å². The molecule has 0 bridgehead atoms. The van der Waals surface area contributed by atoms with Gasteiger partial charge < -0.3 is 10.5 Å². The van der Waals surface area contributed by atoms with E-state index in [0.29, 0.717) is 16.9 Å². The maximum atomic E-state index is 14.2. The number of halogens is 2. The lowest BCUT2D eigenvalue weighted by Gasteiger charge is -2.32. The summed E-state index contributed by atoms with van der Waals surface area (Å²) in [5, 5.41) is 0. The van der Waals surface area contributed by atoms with Crippen LogP contribution in [0.3, 0.4) is 0 Å². The summed E-state index contributed by atoms with van der Waals surface area (Å²) in [6, 6.07) is 2.94. The van der Waals surface area contributed by atoms with Gasteiger partial charge in [-0.15, -0.1) is 0 Å². The Morgan fingerprint density at radius 3 is 2.06 bits per heavy atom. The summed E-state index contributed by atoms with van der Waals surface area (Å²) in [6.07, 6.45) is 0. The Balaban J connectivity index is 3.40. The topological polar surface area (TPSA) is 35.2 Å². The molecule has 0 aliphatic carbocycles. The zero-order valence-corrected chi connectivity index (χ0v) is 10.9. The lowest BCUT2D eigenvalue weighted by molar-refractivity contribution is -0.0678. The van der Waals surface area contributed by atoms with Crippen molar-refractivity contribution >= 4 is 0 Å². The zero-order valence-electron chi connectivity index (χ0n) is 10.9. The van der Waals surface area contributed by atoms with Crippen LogP contribution in [0.25, 0.3) is 0 Å². The molecule has 0 atom stereocenters. The molecule has 0 spiro atoms. The van der Waals surface area contributed by atoms with Crippen molar-refractivity contribution in [2.75, 3.05) is 7.11 Å². The number of alkyl halides is 2. The molecule has 0 aliphatic heterocycles. The van der Waals surface area contributed by atoms with Gasteiger partial charge in [-0.2, -0.15) is 8.78 Å². The van der Waals surface area contributed by atoms with E-state index in [9.17, 15) is 8.78 Å². The molecule has 0 aliphatic rings. The van der Waals surface area contributed by atoms with Gasteiger partial charge in [0.15, 0.2) is 0 Å². The van der Waals surface area contributed by atoms with Gasteiger partial charge >= 0.3 is 0 Å². The van der Waals surface area contributed by atoms with Crippen LogP contribution in [-0.2, 0) is 5.92 Å². The molecule has 1 rings (SSSR count). The molecular weight excluding hydrogens is 224 g/mol. The summed E-state index contributed by atoms with van der Waals surface area (Å²) >= 11 is 0. The molecule has 2 N–H and O–H groups in total. The predicted molar refractivity (Wildman–Crippen MR) is 64.6 cm³/mol. The van der Waals surface area contributed by atoms with E-state index in [2.05, 4.69) is 0 Å². The molecule has 0 saturated heterocycles. The molecule has 17 heavy (non-hydrogen) atoms. The molecule has 0 heterocycles. The average molecular weight is 243 g/mol. The van der Waals surface area contributed by atoms with Crippen LogP contribution >= 0.6 is 0 Å². The van der Waals surface area contributed by atoms with Crippen molar-refractivity contribution in [2.24, 2.45) is 5.73 Å². The van der Waals surface area contributed by atoms with E-state index in [0.717, 1.165) is 0 Å². The van der Waals surface area contributed by atoms with Crippen molar-refractivity contribution < 1.29 is 13.5 Å². The minimum Gasteiger partial charge on any atom is -0.496 e. The molecule has 0 aromatic heterocycles. The first kappa shape index (κ1) is 13.9. The average Bonchev–Trinajstić information content (AvgIpc) is 2.20. The number of rotatable bonds is 3. The van der Waals surface area contributed by atoms with Crippen molar-refractivity contribution in [3.63, 3.8) is 0 Å². The van der Waals surface area contributed by atoms with Crippen molar-refractivity contribution in [3.8, 4) is 5.75 Å². The number of nitrogens with two attached hydrogens (primary N) is 1. The highest BCUT2D eigenvalue weighted by Crippen LogP contribution is 2.40. The van der Waals surface area contributed by atoms with Gasteiger partial charge in [-0.05, 0) is 51.0 Å². The summed E-state index contributed by atoms with van der Waals surface area (Å²) < 4.78 is 33.5. The zero-order chi connectivity index (χ0) is 13.4. The van der Waals surface area contributed by atoms with Gasteiger partial charge in [0.25, 0.3) is 5.92 Å². The number of ether oxygens (including phenoxy) is 1. The second-order valence-corrected chi connectivity index (χ2v) is 4.86. The third kappa shape index (κ3) is 2.27. The Bertz CT molecular complexity index is 422. The molecule has 4 heteroatoms. The van der Waals surface area contributed by atoms with Crippen LogP contribution in [-0.4, -0.2) is 12.6 Å². The minimum absolute atomic E-state index is 0.0386. The maximum Gasteiger partial charge on any atom is 0.290 e. The van der Waals surface area contributed by atoms with Gasteiger partial charge in [-0.3, -0.25) is 0 Å². The number of hydrogen-bond donors (Lipinski definition) is 1. The van der Waals surface area contributed by atoms with Gasteiger partial charge in [0.2, 0.25) is 0 Å². The van der Waals surface area contributed by atoms with Crippen LogP contribution in [0, 0.1) is 13.8 Å². The fraction of sp³-hybridized carbons (Fsp3) is 0.538. The second-order valence-electron chi connectivity index (χ2n) is 4.86. The summed E-state index contributed by atoms with van der Waals surface area (Å²) in [6.45, 7) is 6.07. The standard InChI is InChI=1S/C13H19F2NO/c1-8-9(2)11(17-5)7-6-10(8)13(14,15)12(3,4)16/h6-7H,16H2,1-5H3.